The molecule has 0 spiro atoms. The van der Waals surface area contributed by atoms with Crippen molar-refractivity contribution < 1.29 is 9.53 Å². The van der Waals surface area contributed by atoms with Crippen molar-refractivity contribution in [3.63, 3.8) is 0 Å². The Balaban J connectivity index is 1.63. The Labute approximate surface area is 138 Å². The molecule has 2 aromatic carbocycles. The van der Waals surface area contributed by atoms with Crippen LogP contribution in [0.2, 0.25) is 0 Å². The van der Waals surface area contributed by atoms with E-state index >= 15 is 0 Å². The highest BCUT2D eigenvalue weighted by Crippen LogP contribution is 2.21. The minimum Gasteiger partial charge on any atom is -0.457 e. The lowest BCUT2D eigenvalue weighted by atomic mass is 10.1. The van der Waals surface area contributed by atoms with Gasteiger partial charge in [0.1, 0.15) is 6.61 Å². The Morgan fingerprint density at radius 1 is 1.14 bits per heavy atom. The zero-order valence-corrected chi connectivity index (χ0v) is 13.8. The summed E-state index contributed by atoms with van der Waals surface area (Å²) in [4.78, 5) is 12.2. The monoisotopic (exact) mass is 359 g/mol. The summed E-state index contributed by atoms with van der Waals surface area (Å²) in [6.07, 6.45) is 2.50. The van der Waals surface area contributed by atoms with E-state index in [4.69, 9.17) is 4.74 Å². The Morgan fingerprint density at radius 3 is 2.64 bits per heavy atom. The van der Waals surface area contributed by atoms with Crippen LogP contribution in [-0.4, -0.2) is 12.0 Å². The molecule has 0 unspecified atom stereocenters. The Hall–Kier alpha value is -1.65. The molecule has 0 atom stereocenters. The van der Waals surface area contributed by atoms with Gasteiger partial charge in [0.05, 0.1) is 5.56 Å². The van der Waals surface area contributed by atoms with Crippen molar-refractivity contribution in [2.75, 3.05) is 0 Å². The highest BCUT2D eigenvalue weighted by Gasteiger charge is 2.20. The number of hydrogen-bond acceptors (Lipinski definition) is 3. The average Bonchev–Trinajstić information content (AvgIpc) is 3.35. The molecule has 3 rings (SSSR count). The van der Waals surface area contributed by atoms with Crippen molar-refractivity contribution >= 4 is 21.9 Å². The molecule has 0 radical (unpaired) electrons. The number of carbonyl (C=O) groups excluding carboxylic acids is 1. The van der Waals surface area contributed by atoms with Crippen molar-refractivity contribution in [2.24, 2.45) is 0 Å². The average molecular weight is 360 g/mol. The molecule has 1 fully saturated rings. The van der Waals surface area contributed by atoms with Gasteiger partial charge >= 0.3 is 5.97 Å². The van der Waals surface area contributed by atoms with Gasteiger partial charge in [-0.15, -0.1) is 0 Å². The van der Waals surface area contributed by atoms with E-state index in [2.05, 4.69) is 21.2 Å². The molecule has 0 saturated heterocycles. The van der Waals surface area contributed by atoms with Gasteiger partial charge in [0.15, 0.2) is 0 Å². The standard InChI is InChI=1S/C18H18BrNO2/c19-16-9-14(11-20-17-6-7-17)8-15(10-16)18(21)22-12-13-4-2-1-3-5-13/h1-5,8-10,17,20H,6-7,11-12H2. The molecular weight excluding hydrogens is 342 g/mol. The van der Waals surface area contributed by atoms with Gasteiger partial charge in [0.25, 0.3) is 0 Å². The van der Waals surface area contributed by atoms with Crippen LogP contribution >= 0.6 is 15.9 Å². The summed E-state index contributed by atoms with van der Waals surface area (Å²) in [5.74, 6) is -0.294. The summed E-state index contributed by atoms with van der Waals surface area (Å²) < 4.78 is 6.28. The Kier molecular flexibility index (Phi) is 4.90. The van der Waals surface area contributed by atoms with Crippen molar-refractivity contribution in [3.8, 4) is 0 Å². The maximum atomic E-state index is 12.2. The largest absolute Gasteiger partial charge is 0.457 e. The van der Waals surface area contributed by atoms with Crippen LogP contribution < -0.4 is 5.32 Å². The molecule has 0 heterocycles. The molecule has 0 amide bonds. The van der Waals surface area contributed by atoms with Crippen LogP contribution in [0.25, 0.3) is 0 Å². The highest BCUT2D eigenvalue weighted by atomic mass is 79.9. The van der Waals surface area contributed by atoms with Gasteiger partial charge in [0.2, 0.25) is 0 Å². The molecule has 1 aliphatic rings. The molecule has 2 aromatic rings. The van der Waals surface area contributed by atoms with Gasteiger partial charge in [-0.25, -0.2) is 4.79 Å². The number of nitrogens with one attached hydrogen (secondary N) is 1. The van der Waals surface area contributed by atoms with Crippen LogP contribution in [0.15, 0.2) is 53.0 Å². The number of esters is 1. The summed E-state index contributed by atoms with van der Waals surface area (Å²) in [5.41, 5.74) is 2.66. The SMILES string of the molecule is O=C(OCc1ccccc1)c1cc(Br)cc(CNC2CC2)c1. The van der Waals surface area contributed by atoms with Crippen LogP contribution in [0.4, 0.5) is 0 Å². The summed E-state index contributed by atoms with van der Waals surface area (Å²) in [5, 5.41) is 3.45. The van der Waals surface area contributed by atoms with E-state index in [1.54, 1.807) is 6.07 Å². The van der Waals surface area contributed by atoms with Crippen LogP contribution in [0, 0.1) is 0 Å². The third kappa shape index (κ3) is 4.42. The Morgan fingerprint density at radius 2 is 1.91 bits per heavy atom. The van der Waals surface area contributed by atoms with E-state index in [0.29, 0.717) is 18.2 Å². The van der Waals surface area contributed by atoms with E-state index in [-0.39, 0.29) is 5.97 Å². The van der Waals surface area contributed by atoms with Crippen molar-refractivity contribution in [2.45, 2.75) is 32.0 Å². The number of ether oxygens (including phenoxy) is 1. The number of carbonyl (C=O) groups is 1. The van der Waals surface area contributed by atoms with Gasteiger partial charge in [-0.3, -0.25) is 0 Å². The molecule has 0 bridgehead atoms. The van der Waals surface area contributed by atoms with Crippen LogP contribution in [0.1, 0.15) is 34.3 Å². The normalized spacial score (nSPS) is 13.9. The molecule has 0 aromatic heterocycles. The molecule has 22 heavy (non-hydrogen) atoms. The topological polar surface area (TPSA) is 38.3 Å². The second-order valence-electron chi connectivity index (χ2n) is 5.57. The van der Waals surface area contributed by atoms with Gasteiger partial charge in [-0.1, -0.05) is 46.3 Å². The first-order valence-corrected chi connectivity index (χ1v) is 8.24. The van der Waals surface area contributed by atoms with E-state index in [9.17, 15) is 4.79 Å². The summed E-state index contributed by atoms with van der Waals surface area (Å²) in [7, 11) is 0. The van der Waals surface area contributed by atoms with Crippen LogP contribution in [0.3, 0.4) is 0 Å². The number of hydrogen-bond donors (Lipinski definition) is 1. The minimum absolute atomic E-state index is 0.293. The molecule has 1 saturated carbocycles. The van der Waals surface area contributed by atoms with Crippen LogP contribution in [-0.2, 0) is 17.9 Å². The molecule has 3 nitrogen and oxygen atoms in total. The zero-order chi connectivity index (χ0) is 15.4. The lowest BCUT2D eigenvalue weighted by Crippen LogP contribution is -2.16. The number of halogens is 1. The highest BCUT2D eigenvalue weighted by molar-refractivity contribution is 9.10. The smallest absolute Gasteiger partial charge is 0.338 e. The molecule has 1 aliphatic carbocycles. The van der Waals surface area contributed by atoms with Gasteiger partial charge in [0, 0.05) is 17.1 Å². The van der Waals surface area contributed by atoms with Crippen molar-refractivity contribution in [1.29, 1.82) is 0 Å². The van der Waals surface area contributed by atoms with Crippen LogP contribution in [0.5, 0.6) is 0 Å². The quantitative estimate of drug-likeness (QED) is 0.790. The summed E-state index contributed by atoms with van der Waals surface area (Å²) >= 11 is 3.46. The van der Waals surface area contributed by atoms with E-state index in [1.807, 2.05) is 42.5 Å². The predicted octanol–water partition coefficient (Wildman–Crippen LogP) is 4.06. The van der Waals surface area contributed by atoms with Gasteiger partial charge in [-0.05, 0) is 42.2 Å². The van der Waals surface area contributed by atoms with Crippen molar-refractivity contribution in [1.82, 2.24) is 5.32 Å². The molecule has 0 aliphatic heterocycles. The predicted molar refractivity (Wildman–Crippen MR) is 89.6 cm³/mol. The minimum atomic E-state index is -0.294. The van der Waals surface area contributed by atoms with E-state index in [0.717, 1.165) is 22.1 Å². The Bertz CT molecular complexity index is 653. The third-order valence-corrected chi connectivity index (χ3v) is 4.04. The summed E-state index contributed by atoms with van der Waals surface area (Å²) in [6, 6.07) is 16.1. The second kappa shape index (κ2) is 7.07. The fourth-order valence-electron chi connectivity index (χ4n) is 2.23. The number of rotatable bonds is 6. The molecule has 1 N–H and O–H groups in total. The molecule has 4 heteroatoms. The first-order chi connectivity index (χ1) is 10.7. The lowest BCUT2D eigenvalue weighted by molar-refractivity contribution is 0.0472. The zero-order valence-electron chi connectivity index (χ0n) is 12.2. The second-order valence-corrected chi connectivity index (χ2v) is 6.48. The number of benzene rings is 2. The first-order valence-electron chi connectivity index (χ1n) is 7.44. The maximum Gasteiger partial charge on any atom is 0.338 e. The van der Waals surface area contributed by atoms with E-state index < -0.39 is 0 Å². The molecule has 114 valence electrons. The van der Waals surface area contributed by atoms with E-state index in [1.165, 1.54) is 12.8 Å². The fraction of sp³-hybridized carbons (Fsp3) is 0.278. The first kappa shape index (κ1) is 15.3. The third-order valence-electron chi connectivity index (χ3n) is 3.58. The lowest BCUT2D eigenvalue weighted by Gasteiger charge is -2.08. The fourth-order valence-corrected chi connectivity index (χ4v) is 2.77. The summed E-state index contributed by atoms with van der Waals surface area (Å²) in [6.45, 7) is 1.07. The van der Waals surface area contributed by atoms with Gasteiger partial charge in [-0.2, -0.15) is 0 Å². The maximum absolute atomic E-state index is 12.2. The van der Waals surface area contributed by atoms with Crippen molar-refractivity contribution in [3.05, 3.63) is 69.7 Å². The van der Waals surface area contributed by atoms with Gasteiger partial charge < -0.3 is 10.1 Å². The molecular formula is C18H18BrNO2.